The second-order valence-corrected chi connectivity index (χ2v) is 6.52. The van der Waals surface area contributed by atoms with E-state index >= 15 is 0 Å². The maximum absolute atomic E-state index is 6.14. The van der Waals surface area contributed by atoms with E-state index in [1.54, 1.807) is 0 Å². The van der Waals surface area contributed by atoms with Crippen molar-refractivity contribution in [3.05, 3.63) is 24.5 Å². The Kier molecular flexibility index (Phi) is 2.94. The first-order valence-electron chi connectivity index (χ1n) is 8.32. The van der Waals surface area contributed by atoms with Crippen LogP contribution in [-0.2, 0) is 6.54 Å². The van der Waals surface area contributed by atoms with Crippen molar-refractivity contribution in [1.82, 2.24) is 24.7 Å². The largest absolute Gasteiger partial charge is 0.424 e. The van der Waals surface area contributed by atoms with Crippen LogP contribution in [0.5, 0.6) is 0 Å². The molecule has 1 aromatic carbocycles. The molecule has 8 nitrogen and oxygen atoms in total. The first-order valence-corrected chi connectivity index (χ1v) is 8.32. The highest BCUT2D eigenvalue weighted by Crippen LogP contribution is 2.34. The predicted octanol–water partition coefficient (Wildman–Crippen LogP) is 2.60. The molecule has 0 amide bonds. The number of nitrogen functional groups attached to an aromatic ring is 2. The standard InChI is InChI=1S/C17H17N7O/c18-15-13-14(10-4-5-12-11(6-10)22-17(19)25-12)23-24(7-9-2-1-3-9)16(13)21-8-20-15/h4-6,8-9H,1-3,7H2,(H2,19,22)(H2,18,20,21). The van der Waals surface area contributed by atoms with Crippen LogP contribution in [0.1, 0.15) is 19.3 Å². The fourth-order valence-electron chi connectivity index (χ4n) is 3.37. The van der Waals surface area contributed by atoms with Crippen molar-refractivity contribution >= 4 is 34.0 Å². The predicted molar refractivity (Wildman–Crippen MR) is 94.5 cm³/mol. The highest BCUT2D eigenvalue weighted by molar-refractivity contribution is 5.99. The zero-order chi connectivity index (χ0) is 17.0. The molecule has 1 aliphatic rings. The molecule has 0 aliphatic heterocycles. The maximum atomic E-state index is 6.14. The highest BCUT2D eigenvalue weighted by Gasteiger charge is 2.23. The third kappa shape index (κ3) is 2.21. The minimum absolute atomic E-state index is 0.148. The number of hydrogen-bond donors (Lipinski definition) is 2. The summed E-state index contributed by atoms with van der Waals surface area (Å²) in [6, 6.07) is 5.81. The van der Waals surface area contributed by atoms with Gasteiger partial charge in [0.15, 0.2) is 11.2 Å². The SMILES string of the molecule is Nc1nc2cc(-c3nn(CC4CCC4)c4ncnc(N)c34)ccc2o1. The van der Waals surface area contributed by atoms with Gasteiger partial charge in [0.2, 0.25) is 0 Å². The fraction of sp³-hybridized carbons (Fsp3) is 0.294. The average Bonchev–Trinajstić information content (AvgIpc) is 3.10. The number of nitrogens with two attached hydrogens (primary N) is 2. The van der Waals surface area contributed by atoms with Gasteiger partial charge in [0.25, 0.3) is 6.01 Å². The van der Waals surface area contributed by atoms with E-state index < -0.39 is 0 Å². The molecular weight excluding hydrogens is 318 g/mol. The second-order valence-electron chi connectivity index (χ2n) is 6.52. The average molecular weight is 335 g/mol. The van der Waals surface area contributed by atoms with Crippen LogP contribution in [0, 0.1) is 5.92 Å². The van der Waals surface area contributed by atoms with E-state index in [1.165, 1.54) is 25.6 Å². The number of oxazole rings is 1. The first kappa shape index (κ1) is 14.2. The van der Waals surface area contributed by atoms with Gasteiger partial charge < -0.3 is 15.9 Å². The van der Waals surface area contributed by atoms with E-state index in [9.17, 15) is 0 Å². The number of rotatable bonds is 3. The van der Waals surface area contributed by atoms with Crippen molar-refractivity contribution in [3.63, 3.8) is 0 Å². The highest BCUT2D eigenvalue weighted by atomic mass is 16.4. The van der Waals surface area contributed by atoms with Crippen LogP contribution in [-0.4, -0.2) is 24.7 Å². The van der Waals surface area contributed by atoms with Crippen LogP contribution < -0.4 is 11.5 Å². The Bertz CT molecular complexity index is 1090. The monoisotopic (exact) mass is 335 g/mol. The van der Waals surface area contributed by atoms with Crippen molar-refractivity contribution < 1.29 is 4.42 Å². The summed E-state index contributed by atoms with van der Waals surface area (Å²) < 4.78 is 7.29. The van der Waals surface area contributed by atoms with Crippen LogP contribution in [0.2, 0.25) is 0 Å². The summed E-state index contributed by atoms with van der Waals surface area (Å²) in [5, 5.41) is 5.58. The minimum Gasteiger partial charge on any atom is -0.424 e. The van der Waals surface area contributed by atoms with Gasteiger partial charge in [-0.3, -0.25) is 0 Å². The zero-order valence-corrected chi connectivity index (χ0v) is 13.5. The number of anilines is 2. The Morgan fingerprint density at radius 3 is 2.88 bits per heavy atom. The van der Waals surface area contributed by atoms with E-state index in [4.69, 9.17) is 21.0 Å². The Morgan fingerprint density at radius 1 is 1.20 bits per heavy atom. The summed E-state index contributed by atoms with van der Waals surface area (Å²) in [7, 11) is 0. The molecule has 0 saturated heterocycles. The van der Waals surface area contributed by atoms with Crippen molar-refractivity contribution in [2.24, 2.45) is 5.92 Å². The Morgan fingerprint density at radius 2 is 2.08 bits per heavy atom. The van der Waals surface area contributed by atoms with E-state index in [0.717, 1.165) is 28.8 Å². The Balaban J connectivity index is 1.70. The molecule has 0 spiro atoms. The number of aromatic nitrogens is 5. The summed E-state index contributed by atoms with van der Waals surface area (Å²) in [5.41, 5.74) is 15.5. The minimum atomic E-state index is 0.148. The van der Waals surface area contributed by atoms with Gasteiger partial charge in [-0.05, 0) is 37.0 Å². The summed E-state index contributed by atoms with van der Waals surface area (Å²) in [6.07, 6.45) is 5.25. The molecule has 126 valence electrons. The van der Waals surface area contributed by atoms with Crippen LogP contribution in [0.3, 0.4) is 0 Å². The van der Waals surface area contributed by atoms with E-state index in [2.05, 4.69) is 15.0 Å². The normalized spacial score (nSPS) is 15.0. The molecule has 3 heterocycles. The van der Waals surface area contributed by atoms with Crippen LogP contribution in [0.25, 0.3) is 33.4 Å². The lowest BCUT2D eigenvalue weighted by atomic mass is 9.85. The number of hydrogen-bond acceptors (Lipinski definition) is 7. The number of nitrogens with zero attached hydrogens (tertiary/aromatic N) is 5. The van der Waals surface area contributed by atoms with Crippen molar-refractivity contribution in [1.29, 1.82) is 0 Å². The molecule has 4 N–H and O–H groups in total. The van der Waals surface area contributed by atoms with Gasteiger partial charge >= 0.3 is 0 Å². The number of fused-ring (bicyclic) bond motifs is 2. The molecule has 5 rings (SSSR count). The smallest absolute Gasteiger partial charge is 0.292 e. The third-order valence-corrected chi connectivity index (χ3v) is 4.89. The van der Waals surface area contributed by atoms with Gasteiger partial charge in [0.05, 0.1) is 5.39 Å². The van der Waals surface area contributed by atoms with E-state index in [0.29, 0.717) is 22.8 Å². The molecule has 0 bridgehead atoms. The molecule has 1 aliphatic carbocycles. The lowest BCUT2D eigenvalue weighted by molar-refractivity contribution is 0.269. The maximum Gasteiger partial charge on any atom is 0.292 e. The van der Waals surface area contributed by atoms with Crippen molar-refractivity contribution in [2.45, 2.75) is 25.8 Å². The molecule has 25 heavy (non-hydrogen) atoms. The summed E-state index contributed by atoms with van der Waals surface area (Å²) in [5.74, 6) is 1.09. The summed E-state index contributed by atoms with van der Waals surface area (Å²) in [4.78, 5) is 12.8. The van der Waals surface area contributed by atoms with Crippen molar-refractivity contribution in [3.8, 4) is 11.3 Å². The summed E-state index contributed by atoms with van der Waals surface area (Å²) >= 11 is 0. The molecule has 0 radical (unpaired) electrons. The van der Waals surface area contributed by atoms with Gasteiger partial charge in [-0.15, -0.1) is 0 Å². The van der Waals surface area contributed by atoms with E-state index in [-0.39, 0.29) is 6.01 Å². The molecule has 4 aromatic rings. The Labute approximate surface area is 142 Å². The van der Waals surface area contributed by atoms with E-state index in [1.807, 2.05) is 22.9 Å². The molecule has 1 saturated carbocycles. The van der Waals surface area contributed by atoms with Gasteiger partial charge in [-0.2, -0.15) is 10.1 Å². The molecular formula is C17H17N7O. The van der Waals surface area contributed by atoms with Gasteiger partial charge in [0, 0.05) is 12.1 Å². The van der Waals surface area contributed by atoms with Crippen LogP contribution in [0.15, 0.2) is 28.9 Å². The topological polar surface area (TPSA) is 122 Å². The van der Waals surface area contributed by atoms with Gasteiger partial charge in [-0.25, -0.2) is 14.6 Å². The fourth-order valence-corrected chi connectivity index (χ4v) is 3.37. The second kappa shape index (κ2) is 5.17. The van der Waals surface area contributed by atoms with Gasteiger partial charge in [0.1, 0.15) is 23.4 Å². The summed E-state index contributed by atoms with van der Waals surface area (Å²) in [6.45, 7) is 0.853. The Hall–Kier alpha value is -3.16. The van der Waals surface area contributed by atoms with Gasteiger partial charge in [-0.1, -0.05) is 6.42 Å². The molecule has 8 heteroatoms. The van der Waals surface area contributed by atoms with Crippen LogP contribution >= 0.6 is 0 Å². The molecule has 3 aromatic heterocycles. The van der Waals surface area contributed by atoms with Crippen LogP contribution in [0.4, 0.5) is 11.8 Å². The molecule has 0 atom stereocenters. The quantitative estimate of drug-likeness (QED) is 0.590. The molecule has 0 unspecified atom stereocenters. The third-order valence-electron chi connectivity index (χ3n) is 4.89. The van der Waals surface area contributed by atoms with Crippen molar-refractivity contribution in [2.75, 3.05) is 11.5 Å². The zero-order valence-electron chi connectivity index (χ0n) is 13.5. The first-order chi connectivity index (χ1) is 12.2. The number of benzene rings is 1. The lowest BCUT2D eigenvalue weighted by Gasteiger charge is -2.25. The molecule has 1 fully saturated rings. The lowest BCUT2D eigenvalue weighted by Crippen LogP contribution is -2.19.